The molecular formula is C21H13FN4O3. The highest BCUT2D eigenvalue weighted by molar-refractivity contribution is 6.52. The van der Waals surface area contributed by atoms with Gasteiger partial charge in [-0.15, -0.1) is 0 Å². The number of Topliss-reactive ketones (excluding diaryl/α,β-unsaturated/α-hetero) is 1. The zero-order valence-electron chi connectivity index (χ0n) is 14.9. The molecule has 0 unspecified atom stereocenters. The van der Waals surface area contributed by atoms with Crippen molar-refractivity contribution in [1.82, 2.24) is 10.4 Å². The number of anilines is 1. The number of carbonyl (C=O) groups excluding carboxylic acids is 3. The Labute approximate surface area is 163 Å². The molecule has 0 aliphatic carbocycles. The van der Waals surface area contributed by atoms with Crippen molar-refractivity contribution < 1.29 is 18.8 Å². The largest absolute Gasteiger partial charge is 0.296 e. The monoisotopic (exact) mass is 388 g/mol. The number of amides is 2. The Morgan fingerprint density at radius 3 is 2.66 bits per heavy atom. The minimum atomic E-state index is -1.08. The lowest BCUT2D eigenvalue weighted by Crippen LogP contribution is -2.36. The Kier molecular flexibility index (Phi) is 3.73. The van der Waals surface area contributed by atoms with E-state index in [4.69, 9.17) is 0 Å². The standard InChI is InChI=1S/C21H13FN4O3/c22-12-5-3-6-13(10-12)26-20(28)16-17(24-25-18(16)21(26)29)19(27)15-9-8-11-4-1-2-7-14(11)23-15/h1-10,16,18,25H/t16-,18+/m1/s1. The number of aromatic nitrogens is 1. The summed E-state index contributed by atoms with van der Waals surface area (Å²) in [5.74, 6) is -3.38. The van der Waals surface area contributed by atoms with Gasteiger partial charge >= 0.3 is 0 Å². The normalized spacial score (nSPS) is 20.6. The zero-order valence-corrected chi connectivity index (χ0v) is 14.9. The lowest BCUT2D eigenvalue weighted by atomic mass is 9.94. The molecular weight excluding hydrogens is 375 g/mol. The van der Waals surface area contributed by atoms with Crippen molar-refractivity contribution in [3.05, 3.63) is 72.2 Å². The molecule has 1 fully saturated rings. The molecule has 1 N–H and O–H groups in total. The highest BCUT2D eigenvalue weighted by atomic mass is 19.1. The predicted molar refractivity (Wildman–Crippen MR) is 103 cm³/mol. The molecule has 2 aliphatic heterocycles. The summed E-state index contributed by atoms with van der Waals surface area (Å²) < 4.78 is 13.6. The molecule has 2 aliphatic rings. The van der Waals surface area contributed by atoms with E-state index in [0.29, 0.717) is 5.52 Å². The minimum Gasteiger partial charge on any atom is -0.296 e. The molecule has 8 heteroatoms. The molecule has 1 aromatic heterocycles. The van der Waals surface area contributed by atoms with E-state index in [1.807, 2.05) is 18.2 Å². The van der Waals surface area contributed by atoms with Gasteiger partial charge in [0.25, 0.3) is 5.91 Å². The Bertz CT molecular complexity index is 1240. The first-order chi connectivity index (χ1) is 14.0. The molecule has 1 saturated heterocycles. The number of imide groups is 1. The second-order valence-electron chi connectivity index (χ2n) is 6.79. The van der Waals surface area contributed by atoms with Crippen molar-refractivity contribution in [2.24, 2.45) is 11.0 Å². The van der Waals surface area contributed by atoms with Crippen LogP contribution < -0.4 is 10.3 Å². The first kappa shape index (κ1) is 17.2. The summed E-state index contributed by atoms with van der Waals surface area (Å²) in [6.07, 6.45) is 0. The van der Waals surface area contributed by atoms with Crippen LogP contribution in [0.25, 0.3) is 10.9 Å². The SMILES string of the molecule is O=C(C1=NN[C@@H]2C(=O)N(c3cccc(F)c3)C(=O)[C@H]12)c1ccc2ccccc2n1. The van der Waals surface area contributed by atoms with E-state index >= 15 is 0 Å². The lowest BCUT2D eigenvalue weighted by molar-refractivity contribution is -0.122. The van der Waals surface area contributed by atoms with E-state index in [0.717, 1.165) is 16.4 Å². The highest BCUT2D eigenvalue weighted by Crippen LogP contribution is 2.31. The maximum Gasteiger partial charge on any atom is 0.259 e. The van der Waals surface area contributed by atoms with Crippen LogP contribution >= 0.6 is 0 Å². The molecule has 0 spiro atoms. The van der Waals surface area contributed by atoms with E-state index < -0.39 is 35.4 Å². The lowest BCUT2D eigenvalue weighted by Gasteiger charge is -2.15. The predicted octanol–water partition coefficient (Wildman–Crippen LogP) is 2.07. The minimum absolute atomic E-state index is 0.0740. The van der Waals surface area contributed by atoms with Crippen LogP contribution in [0.3, 0.4) is 0 Å². The maximum atomic E-state index is 13.6. The molecule has 2 atom stereocenters. The molecule has 29 heavy (non-hydrogen) atoms. The quantitative estimate of drug-likeness (QED) is 0.548. The van der Waals surface area contributed by atoms with Gasteiger partial charge in [0.15, 0.2) is 0 Å². The third kappa shape index (κ3) is 2.60. The van der Waals surface area contributed by atoms with Crippen LogP contribution in [0.15, 0.2) is 65.8 Å². The number of halogens is 1. The zero-order chi connectivity index (χ0) is 20.1. The number of hydrazone groups is 1. The van der Waals surface area contributed by atoms with E-state index in [1.54, 1.807) is 18.2 Å². The second kappa shape index (κ2) is 6.30. The highest BCUT2D eigenvalue weighted by Gasteiger charge is 2.55. The van der Waals surface area contributed by atoms with E-state index in [1.165, 1.54) is 18.2 Å². The first-order valence-electron chi connectivity index (χ1n) is 8.91. The molecule has 2 aromatic carbocycles. The summed E-state index contributed by atoms with van der Waals surface area (Å²) in [6, 6.07) is 14.8. The number of hydrogen-bond acceptors (Lipinski definition) is 6. The number of rotatable bonds is 3. The molecule has 3 heterocycles. The molecule has 0 bridgehead atoms. The summed E-state index contributed by atoms with van der Waals surface area (Å²) in [5.41, 5.74) is 3.40. The first-order valence-corrected chi connectivity index (χ1v) is 8.91. The summed E-state index contributed by atoms with van der Waals surface area (Å²) >= 11 is 0. The van der Waals surface area contributed by atoms with Gasteiger partial charge in [-0.3, -0.25) is 19.8 Å². The fourth-order valence-corrected chi connectivity index (χ4v) is 3.67. The van der Waals surface area contributed by atoms with Crippen LogP contribution in [0.5, 0.6) is 0 Å². The van der Waals surface area contributed by atoms with Gasteiger partial charge in [0.1, 0.15) is 29.2 Å². The molecule has 0 radical (unpaired) electrons. The Morgan fingerprint density at radius 1 is 1.00 bits per heavy atom. The number of pyridine rings is 1. The van der Waals surface area contributed by atoms with Gasteiger partial charge in [-0.05, 0) is 30.3 Å². The van der Waals surface area contributed by atoms with Gasteiger partial charge in [-0.25, -0.2) is 14.3 Å². The average Bonchev–Trinajstić information content (AvgIpc) is 3.27. The van der Waals surface area contributed by atoms with Crippen molar-refractivity contribution in [2.45, 2.75) is 6.04 Å². The van der Waals surface area contributed by atoms with Crippen molar-refractivity contribution in [1.29, 1.82) is 0 Å². The van der Waals surface area contributed by atoms with Gasteiger partial charge in [0.2, 0.25) is 11.7 Å². The number of carbonyl (C=O) groups is 3. The van der Waals surface area contributed by atoms with Crippen molar-refractivity contribution in [3.63, 3.8) is 0 Å². The van der Waals surface area contributed by atoms with E-state index in [-0.39, 0.29) is 17.1 Å². The van der Waals surface area contributed by atoms with Crippen LogP contribution in [0.1, 0.15) is 10.5 Å². The Morgan fingerprint density at radius 2 is 1.83 bits per heavy atom. The summed E-state index contributed by atoms with van der Waals surface area (Å²) in [7, 11) is 0. The third-order valence-electron chi connectivity index (χ3n) is 5.05. The van der Waals surface area contributed by atoms with Gasteiger partial charge in [-0.1, -0.05) is 30.3 Å². The molecule has 0 saturated carbocycles. The number of nitrogens with one attached hydrogen (secondary N) is 1. The summed E-state index contributed by atoms with van der Waals surface area (Å²) in [6.45, 7) is 0. The maximum absolute atomic E-state index is 13.6. The van der Waals surface area contributed by atoms with Crippen molar-refractivity contribution in [3.8, 4) is 0 Å². The van der Waals surface area contributed by atoms with E-state index in [2.05, 4.69) is 15.5 Å². The summed E-state index contributed by atoms with van der Waals surface area (Å²) in [4.78, 5) is 43.9. The number of nitrogens with zero attached hydrogens (tertiary/aromatic N) is 3. The number of fused-ring (bicyclic) bond motifs is 2. The van der Waals surface area contributed by atoms with Gasteiger partial charge in [0.05, 0.1) is 11.2 Å². The van der Waals surface area contributed by atoms with Crippen LogP contribution in [0.4, 0.5) is 10.1 Å². The molecule has 7 nitrogen and oxygen atoms in total. The van der Waals surface area contributed by atoms with Crippen molar-refractivity contribution in [2.75, 3.05) is 4.90 Å². The Hall–Kier alpha value is -3.94. The molecule has 3 aromatic rings. The molecule has 142 valence electrons. The topological polar surface area (TPSA) is 91.7 Å². The van der Waals surface area contributed by atoms with Gasteiger partial charge in [-0.2, -0.15) is 5.10 Å². The number of benzene rings is 2. The van der Waals surface area contributed by atoms with Crippen LogP contribution in [-0.2, 0) is 9.59 Å². The molecule has 5 rings (SSSR count). The average molecular weight is 388 g/mol. The molecule has 2 amide bonds. The summed E-state index contributed by atoms with van der Waals surface area (Å²) in [5, 5.41) is 4.83. The van der Waals surface area contributed by atoms with Crippen LogP contribution in [0, 0.1) is 11.7 Å². The van der Waals surface area contributed by atoms with Gasteiger partial charge in [0, 0.05) is 5.39 Å². The van der Waals surface area contributed by atoms with Crippen LogP contribution in [-0.4, -0.2) is 34.3 Å². The second-order valence-corrected chi connectivity index (χ2v) is 6.79. The van der Waals surface area contributed by atoms with E-state index in [9.17, 15) is 18.8 Å². The third-order valence-corrected chi connectivity index (χ3v) is 5.05. The smallest absolute Gasteiger partial charge is 0.259 e. The van der Waals surface area contributed by atoms with Crippen molar-refractivity contribution >= 4 is 39.9 Å². The number of hydrogen-bond donors (Lipinski definition) is 1. The number of para-hydroxylation sites is 1. The Balaban J connectivity index is 1.49. The van der Waals surface area contributed by atoms with Gasteiger partial charge < -0.3 is 0 Å². The number of ketones is 1. The van der Waals surface area contributed by atoms with Crippen LogP contribution in [0.2, 0.25) is 0 Å². The fraction of sp³-hybridized carbons (Fsp3) is 0.0952. The fourth-order valence-electron chi connectivity index (χ4n) is 3.67.